The summed E-state index contributed by atoms with van der Waals surface area (Å²) >= 11 is 3.44. The van der Waals surface area contributed by atoms with Crippen molar-refractivity contribution < 1.29 is 0 Å². The number of hydrogen-bond donors (Lipinski definition) is 2. The van der Waals surface area contributed by atoms with E-state index in [2.05, 4.69) is 55.6 Å². The number of hydrogen-bond acceptors (Lipinski definition) is 4. The predicted molar refractivity (Wildman–Crippen MR) is 77.8 cm³/mol. The van der Waals surface area contributed by atoms with Crippen molar-refractivity contribution in [2.24, 2.45) is 0 Å². The minimum absolute atomic E-state index is 0.602. The molecule has 2 rings (SSSR count). The first kappa shape index (κ1) is 12.8. The van der Waals surface area contributed by atoms with Crippen LogP contribution in [0.2, 0.25) is 0 Å². The van der Waals surface area contributed by atoms with Gasteiger partial charge in [-0.1, -0.05) is 24.3 Å². The standard InChI is InChI=1S/C13H15BrN4/c1-9-5-3-4-6-10(9)7-16-12-11(14)8-17-13(15-2)18-12/h3-6,8H,7H2,1-2H3,(H2,15,16,17,18). The lowest BCUT2D eigenvalue weighted by atomic mass is 10.1. The third-order valence-corrected chi connectivity index (χ3v) is 3.26. The average molecular weight is 307 g/mol. The highest BCUT2D eigenvalue weighted by Gasteiger charge is 2.04. The second kappa shape index (κ2) is 5.82. The Bertz CT molecular complexity index is 542. The van der Waals surface area contributed by atoms with Gasteiger partial charge in [-0.05, 0) is 34.0 Å². The van der Waals surface area contributed by atoms with Crippen LogP contribution in [0.5, 0.6) is 0 Å². The van der Waals surface area contributed by atoms with Gasteiger partial charge in [-0.25, -0.2) is 4.98 Å². The molecule has 1 aromatic heterocycles. The Balaban J connectivity index is 2.13. The molecule has 0 saturated heterocycles. The van der Waals surface area contributed by atoms with Crippen molar-refractivity contribution in [2.75, 3.05) is 17.7 Å². The van der Waals surface area contributed by atoms with E-state index in [-0.39, 0.29) is 0 Å². The molecule has 0 atom stereocenters. The van der Waals surface area contributed by atoms with Crippen LogP contribution >= 0.6 is 15.9 Å². The molecule has 1 aromatic carbocycles. The van der Waals surface area contributed by atoms with E-state index in [0.717, 1.165) is 16.8 Å². The van der Waals surface area contributed by atoms with Gasteiger partial charge >= 0.3 is 0 Å². The van der Waals surface area contributed by atoms with E-state index in [1.54, 1.807) is 13.2 Å². The smallest absolute Gasteiger partial charge is 0.224 e. The fraction of sp³-hybridized carbons (Fsp3) is 0.231. The molecular formula is C13H15BrN4. The van der Waals surface area contributed by atoms with Crippen LogP contribution in [0.1, 0.15) is 11.1 Å². The summed E-state index contributed by atoms with van der Waals surface area (Å²) in [6.45, 7) is 2.84. The maximum Gasteiger partial charge on any atom is 0.224 e. The molecule has 0 aliphatic carbocycles. The molecule has 0 aliphatic rings. The summed E-state index contributed by atoms with van der Waals surface area (Å²) in [5, 5.41) is 6.23. The average Bonchev–Trinajstić information content (AvgIpc) is 2.39. The van der Waals surface area contributed by atoms with Crippen LogP contribution in [-0.4, -0.2) is 17.0 Å². The highest BCUT2D eigenvalue weighted by atomic mass is 79.9. The molecule has 18 heavy (non-hydrogen) atoms. The second-order valence-corrected chi connectivity index (χ2v) is 4.77. The van der Waals surface area contributed by atoms with E-state index in [1.807, 2.05) is 12.1 Å². The summed E-state index contributed by atoms with van der Waals surface area (Å²) in [6, 6.07) is 8.29. The highest BCUT2D eigenvalue weighted by Crippen LogP contribution is 2.21. The monoisotopic (exact) mass is 306 g/mol. The van der Waals surface area contributed by atoms with E-state index >= 15 is 0 Å². The van der Waals surface area contributed by atoms with Crippen molar-refractivity contribution in [1.82, 2.24) is 9.97 Å². The van der Waals surface area contributed by atoms with Crippen molar-refractivity contribution >= 4 is 27.7 Å². The Labute approximate surface area is 115 Å². The lowest BCUT2D eigenvalue weighted by Gasteiger charge is -2.10. The van der Waals surface area contributed by atoms with Crippen LogP contribution in [0.15, 0.2) is 34.9 Å². The van der Waals surface area contributed by atoms with Gasteiger partial charge in [0.15, 0.2) is 0 Å². The molecule has 0 fully saturated rings. The molecule has 5 heteroatoms. The maximum absolute atomic E-state index is 4.36. The molecular weight excluding hydrogens is 292 g/mol. The Kier molecular flexibility index (Phi) is 4.15. The van der Waals surface area contributed by atoms with Crippen molar-refractivity contribution in [3.8, 4) is 0 Å². The quantitative estimate of drug-likeness (QED) is 0.911. The van der Waals surface area contributed by atoms with E-state index in [4.69, 9.17) is 0 Å². The van der Waals surface area contributed by atoms with Crippen molar-refractivity contribution in [3.63, 3.8) is 0 Å². The number of anilines is 2. The summed E-state index contributed by atoms with van der Waals surface area (Å²) in [7, 11) is 1.80. The molecule has 0 bridgehead atoms. The largest absolute Gasteiger partial charge is 0.365 e. The lowest BCUT2D eigenvalue weighted by Crippen LogP contribution is -2.06. The highest BCUT2D eigenvalue weighted by molar-refractivity contribution is 9.10. The molecule has 0 radical (unpaired) electrons. The summed E-state index contributed by atoms with van der Waals surface area (Å²) in [5.74, 6) is 1.39. The van der Waals surface area contributed by atoms with E-state index < -0.39 is 0 Å². The van der Waals surface area contributed by atoms with Crippen LogP contribution in [-0.2, 0) is 6.54 Å². The molecule has 94 valence electrons. The molecule has 0 unspecified atom stereocenters. The van der Waals surface area contributed by atoms with Gasteiger partial charge in [0.25, 0.3) is 0 Å². The van der Waals surface area contributed by atoms with Crippen molar-refractivity contribution in [2.45, 2.75) is 13.5 Å². The van der Waals surface area contributed by atoms with Gasteiger partial charge in [0.2, 0.25) is 5.95 Å². The Hall–Kier alpha value is -1.62. The first-order valence-corrected chi connectivity index (χ1v) is 6.48. The molecule has 2 aromatic rings. The van der Waals surface area contributed by atoms with Gasteiger partial charge in [0.05, 0.1) is 4.47 Å². The number of benzene rings is 1. The zero-order chi connectivity index (χ0) is 13.0. The predicted octanol–water partition coefficient (Wildman–Crippen LogP) is 3.20. The van der Waals surface area contributed by atoms with Gasteiger partial charge in [-0.2, -0.15) is 4.98 Å². The Morgan fingerprint density at radius 1 is 1.28 bits per heavy atom. The summed E-state index contributed by atoms with van der Waals surface area (Å²) < 4.78 is 0.857. The lowest BCUT2D eigenvalue weighted by molar-refractivity contribution is 1.06. The van der Waals surface area contributed by atoms with Gasteiger partial charge in [-0.3, -0.25) is 0 Å². The second-order valence-electron chi connectivity index (χ2n) is 3.92. The van der Waals surface area contributed by atoms with Crippen molar-refractivity contribution in [1.29, 1.82) is 0 Å². The minimum atomic E-state index is 0.602. The Morgan fingerprint density at radius 3 is 2.78 bits per heavy atom. The van der Waals surface area contributed by atoms with Crippen LogP contribution < -0.4 is 10.6 Å². The molecule has 0 aliphatic heterocycles. The molecule has 0 spiro atoms. The molecule has 4 nitrogen and oxygen atoms in total. The number of halogens is 1. The van der Waals surface area contributed by atoms with Gasteiger partial charge in [0, 0.05) is 19.8 Å². The third-order valence-electron chi connectivity index (χ3n) is 2.68. The first-order valence-electron chi connectivity index (χ1n) is 5.69. The van der Waals surface area contributed by atoms with Crippen LogP contribution in [0, 0.1) is 6.92 Å². The van der Waals surface area contributed by atoms with Gasteiger partial charge in [-0.15, -0.1) is 0 Å². The van der Waals surface area contributed by atoms with Gasteiger partial charge < -0.3 is 10.6 Å². The summed E-state index contributed by atoms with van der Waals surface area (Å²) in [4.78, 5) is 8.48. The van der Waals surface area contributed by atoms with Crippen LogP contribution in [0.4, 0.5) is 11.8 Å². The SMILES string of the molecule is CNc1ncc(Br)c(NCc2ccccc2C)n1. The van der Waals surface area contributed by atoms with E-state index in [1.165, 1.54) is 11.1 Å². The number of nitrogens with one attached hydrogen (secondary N) is 2. The van der Waals surface area contributed by atoms with E-state index in [0.29, 0.717) is 5.95 Å². The molecule has 0 saturated carbocycles. The Morgan fingerprint density at radius 2 is 2.06 bits per heavy atom. The molecule has 1 heterocycles. The van der Waals surface area contributed by atoms with Crippen LogP contribution in [0.3, 0.4) is 0 Å². The minimum Gasteiger partial charge on any atom is -0.365 e. The van der Waals surface area contributed by atoms with Crippen molar-refractivity contribution in [3.05, 3.63) is 46.1 Å². The number of rotatable bonds is 4. The zero-order valence-electron chi connectivity index (χ0n) is 10.4. The molecule has 0 amide bonds. The van der Waals surface area contributed by atoms with Crippen LogP contribution in [0.25, 0.3) is 0 Å². The topological polar surface area (TPSA) is 49.8 Å². The maximum atomic E-state index is 4.36. The third kappa shape index (κ3) is 2.98. The number of aromatic nitrogens is 2. The zero-order valence-corrected chi connectivity index (χ0v) is 12.0. The van der Waals surface area contributed by atoms with Gasteiger partial charge in [0.1, 0.15) is 5.82 Å². The fourth-order valence-corrected chi connectivity index (χ4v) is 1.93. The first-order chi connectivity index (χ1) is 8.70. The summed E-state index contributed by atoms with van der Waals surface area (Å²) in [5.41, 5.74) is 2.53. The number of aryl methyl sites for hydroxylation is 1. The number of nitrogens with zero attached hydrogens (tertiary/aromatic N) is 2. The molecule has 2 N–H and O–H groups in total. The van der Waals surface area contributed by atoms with E-state index in [9.17, 15) is 0 Å². The summed E-state index contributed by atoms with van der Waals surface area (Å²) in [6.07, 6.45) is 1.74. The fourth-order valence-electron chi connectivity index (χ4n) is 1.60. The normalized spacial score (nSPS) is 10.2.